The highest BCUT2D eigenvalue weighted by Gasteiger charge is 2.16. The molecule has 2 aromatic rings. The van der Waals surface area contributed by atoms with Crippen molar-refractivity contribution >= 4 is 16.8 Å². The van der Waals surface area contributed by atoms with Crippen LogP contribution in [-0.4, -0.2) is 10.9 Å². The molecule has 1 aromatic carbocycles. The first-order valence-electron chi connectivity index (χ1n) is 8.05. The van der Waals surface area contributed by atoms with Gasteiger partial charge in [0.2, 0.25) is 5.91 Å². The molecule has 0 atom stereocenters. The molecule has 3 nitrogen and oxygen atoms in total. The monoisotopic (exact) mass is 284 g/mol. The van der Waals surface area contributed by atoms with Crippen LogP contribution in [0.15, 0.2) is 24.3 Å². The lowest BCUT2D eigenvalue weighted by molar-refractivity contribution is -0.122. The molecule has 0 bridgehead atoms. The number of amides is 1. The van der Waals surface area contributed by atoms with Gasteiger partial charge in [0.15, 0.2) is 0 Å². The van der Waals surface area contributed by atoms with E-state index in [9.17, 15) is 4.79 Å². The van der Waals surface area contributed by atoms with Crippen LogP contribution in [0, 0.1) is 12.8 Å². The van der Waals surface area contributed by atoms with Crippen LogP contribution in [0.5, 0.6) is 0 Å². The molecule has 1 aliphatic rings. The van der Waals surface area contributed by atoms with Crippen molar-refractivity contribution in [3.63, 3.8) is 0 Å². The maximum Gasteiger partial charge on any atom is 0.220 e. The van der Waals surface area contributed by atoms with E-state index in [1.54, 1.807) is 0 Å². The minimum absolute atomic E-state index is 0.201. The Morgan fingerprint density at radius 3 is 2.86 bits per heavy atom. The molecule has 0 radical (unpaired) electrons. The maximum absolute atomic E-state index is 12.0. The third kappa shape index (κ3) is 3.66. The first-order chi connectivity index (χ1) is 10.2. The summed E-state index contributed by atoms with van der Waals surface area (Å²) >= 11 is 0. The van der Waals surface area contributed by atoms with E-state index >= 15 is 0 Å². The number of fused-ring (bicyclic) bond motifs is 1. The van der Waals surface area contributed by atoms with Crippen LogP contribution < -0.4 is 5.32 Å². The lowest BCUT2D eigenvalue weighted by Crippen LogP contribution is -2.25. The van der Waals surface area contributed by atoms with Crippen molar-refractivity contribution in [2.24, 2.45) is 5.92 Å². The molecule has 1 saturated carbocycles. The van der Waals surface area contributed by atoms with Crippen molar-refractivity contribution in [2.75, 3.05) is 0 Å². The Morgan fingerprint density at radius 1 is 1.24 bits per heavy atom. The highest BCUT2D eigenvalue weighted by molar-refractivity contribution is 5.81. The zero-order valence-electron chi connectivity index (χ0n) is 12.7. The Balaban J connectivity index is 1.54. The summed E-state index contributed by atoms with van der Waals surface area (Å²) in [5, 5.41) is 4.28. The SMILES string of the molecule is Cc1cc2cc(CNC(=O)CC3CCCCC3)ccc2[nH]1. The molecule has 1 heterocycles. The quantitative estimate of drug-likeness (QED) is 0.873. The molecule has 112 valence electrons. The van der Waals surface area contributed by atoms with Gasteiger partial charge in [-0.1, -0.05) is 25.3 Å². The molecule has 21 heavy (non-hydrogen) atoms. The summed E-state index contributed by atoms with van der Waals surface area (Å²) in [5.41, 5.74) is 3.49. The maximum atomic E-state index is 12.0. The van der Waals surface area contributed by atoms with Gasteiger partial charge in [-0.25, -0.2) is 0 Å². The van der Waals surface area contributed by atoms with Gasteiger partial charge in [-0.2, -0.15) is 0 Å². The first kappa shape index (κ1) is 14.2. The molecule has 3 rings (SSSR count). The summed E-state index contributed by atoms with van der Waals surface area (Å²) in [4.78, 5) is 15.4. The van der Waals surface area contributed by atoms with Gasteiger partial charge in [0, 0.05) is 24.2 Å². The van der Waals surface area contributed by atoms with Gasteiger partial charge < -0.3 is 10.3 Å². The Labute approximate surface area is 126 Å². The van der Waals surface area contributed by atoms with Crippen LogP contribution in [0.1, 0.15) is 49.8 Å². The smallest absolute Gasteiger partial charge is 0.220 e. The molecule has 0 unspecified atom stereocenters. The summed E-state index contributed by atoms with van der Waals surface area (Å²) in [7, 11) is 0. The van der Waals surface area contributed by atoms with E-state index < -0.39 is 0 Å². The van der Waals surface area contributed by atoms with Crippen molar-refractivity contribution in [2.45, 2.75) is 52.0 Å². The highest BCUT2D eigenvalue weighted by Crippen LogP contribution is 2.26. The topological polar surface area (TPSA) is 44.9 Å². The zero-order chi connectivity index (χ0) is 14.7. The normalized spacial score (nSPS) is 16.2. The minimum atomic E-state index is 0.201. The summed E-state index contributed by atoms with van der Waals surface area (Å²) in [6, 6.07) is 8.46. The number of hydrogen-bond acceptors (Lipinski definition) is 1. The van der Waals surface area contributed by atoms with Crippen LogP contribution in [0.2, 0.25) is 0 Å². The fourth-order valence-electron chi connectivity index (χ4n) is 3.36. The molecular formula is C18H24N2O. The van der Waals surface area contributed by atoms with Crippen LogP contribution in [0.4, 0.5) is 0 Å². The summed E-state index contributed by atoms with van der Waals surface area (Å²) in [6.45, 7) is 2.69. The molecular weight excluding hydrogens is 260 g/mol. The van der Waals surface area contributed by atoms with Crippen LogP contribution in [-0.2, 0) is 11.3 Å². The number of carbonyl (C=O) groups excluding carboxylic acids is 1. The fraction of sp³-hybridized carbons (Fsp3) is 0.500. The Kier molecular flexibility index (Phi) is 4.28. The summed E-state index contributed by atoms with van der Waals surface area (Å²) in [6.07, 6.45) is 7.08. The standard InChI is InChI=1S/C18H24N2O/c1-13-9-16-10-15(7-8-17(16)20-13)12-19-18(21)11-14-5-3-2-4-6-14/h7-10,14,20H,2-6,11-12H2,1H3,(H,19,21). The summed E-state index contributed by atoms with van der Waals surface area (Å²) in [5.74, 6) is 0.806. The molecule has 0 spiro atoms. The number of aromatic nitrogens is 1. The Bertz CT molecular complexity index is 623. The van der Waals surface area contributed by atoms with Crippen LogP contribution >= 0.6 is 0 Å². The van der Waals surface area contributed by atoms with E-state index in [-0.39, 0.29) is 5.91 Å². The van der Waals surface area contributed by atoms with Crippen LogP contribution in [0.25, 0.3) is 10.9 Å². The number of aryl methyl sites for hydroxylation is 1. The van der Waals surface area contributed by atoms with Gasteiger partial charge in [-0.15, -0.1) is 0 Å². The van der Waals surface area contributed by atoms with E-state index in [4.69, 9.17) is 0 Å². The van der Waals surface area contributed by atoms with Crippen molar-refractivity contribution in [3.05, 3.63) is 35.5 Å². The number of H-pyrrole nitrogens is 1. The molecule has 0 saturated heterocycles. The third-order valence-corrected chi connectivity index (χ3v) is 4.51. The van der Waals surface area contributed by atoms with Crippen molar-refractivity contribution in [1.82, 2.24) is 10.3 Å². The van der Waals surface area contributed by atoms with Gasteiger partial charge in [0.25, 0.3) is 0 Å². The average Bonchev–Trinajstić information content (AvgIpc) is 2.85. The lowest BCUT2D eigenvalue weighted by atomic mass is 9.87. The third-order valence-electron chi connectivity index (χ3n) is 4.51. The van der Waals surface area contributed by atoms with Gasteiger partial charge in [0.1, 0.15) is 0 Å². The predicted octanol–water partition coefficient (Wildman–Crippen LogP) is 4.06. The van der Waals surface area contributed by atoms with Crippen molar-refractivity contribution in [1.29, 1.82) is 0 Å². The van der Waals surface area contributed by atoms with Gasteiger partial charge >= 0.3 is 0 Å². The molecule has 1 fully saturated rings. The highest BCUT2D eigenvalue weighted by atomic mass is 16.1. The number of nitrogens with one attached hydrogen (secondary N) is 2. The fourth-order valence-corrected chi connectivity index (χ4v) is 3.36. The minimum Gasteiger partial charge on any atom is -0.359 e. The summed E-state index contributed by atoms with van der Waals surface area (Å²) < 4.78 is 0. The Morgan fingerprint density at radius 2 is 2.05 bits per heavy atom. The van der Waals surface area contributed by atoms with Gasteiger partial charge in [0.05, 0.1) is 0 Å². The average molecular weight is 284 g/mol. The van der Waals surface area contributed by atoms with Crippen molar-refractivity contribution in [3.8, 4) is 0 Å². The predicted molar refractivity (Wildman–Crippen MR) is 86.1 cm³/mol. The van der Waals surface area contributed by atoms with Crippen molar-refractivity contribution < 1.29 is 4.79 Å². The lowest BCUT2D eigenvalue weighted by Gasteiger charge is -2.20. The van der Waals surface area contributed by atoms with E-state index in [1.165, 1.54) is 48.7 Å². The van der Waals surface area contributed by atoms with Crippen LogP contribution in [0.3, 0.4) is 0 Å². The van der Waals surface area contributed by atoms with E-state index in [0.717, 1.165) is 5.52 Å². The number of carbonyl (C=O) groups is 1. The van der Waals surface area contributed by atoms with E-state index in [2.05, 4.69) is 41.5 Å². The number of rotatable bonds is 4. The molecule has 1 amide bonds. The molecule has 1 aliphatic carbocycles. The second kappa shape index (κ2) is 6.33. The molecule has 1 aromatic heterocycles. The second-order valence-corrected chi connectivity index (χ2v) is 6.36. The van der Waals surface area contributed by atoms with E-state index in [1.807, 2.05) is 0 Å². The first-order valence-corrected chi connectivity index (χ1v) is 8.05. The number of benzene rings is 1. The van der Waals surface area contributed by atoms with E-state index in [0.29, 0.717) is 18.9 Å². The second-order valence-electron chi connectivity index (χ2n) is 6.36. The van der Waals surface area contributed by atoms with Gasteiger partial charge in [-0.3, -0.25) is 4.79 Å². The largest absolute Gasteiger partial charge is 0.359 e. The molecule has 2 N–H and O–H groups in total. The van der Waals surface area contributed by atoms with Gasteiger partial charge in [-0.05, 0) is 54.8 Å². The number of aromatic amines is 1. The number of hydrogen-bond donors (Lipinski definition) is 2. The molecule has 3 heteroatoms. The molecule has 0 aliphatic heterocycles. The zero-order valence-corrected chi connectivity index (χ0v) is 12.7. The Hall–Kier alpha value is -1.77.